The number of rotatable bonds is 3. The molecule has 126 valence electrons. The standard InChI is InChI=1S/C19H17N3O3/c23-18(21-16-9-10-25-17-8-4-2-5-13(16)17)11-22-12-20-15-7-3-1-6-14(15)19(22)24/h1-8,12,16H,9-11H2,(H,21,23). The fraction of sp³-hybridized carbons (Fsp3) is 0.211. The molecule has 1 N–H and O–H groups in total. The summed E-state index contributed by atoms with van der Waals surface area (Å²) in [4.78, 5) is 29.2. The molecule has 6 nitrogen and oxygen atoms in total. The van der Waals surface area contributed by atoms with Crippen LogP contribution in [0.1, 0.15) is 18.0 Å². The van der Waals surface area contributed by atoms with Crippen molar-refractivity contribution in [3.8, 4) is 5.75 Å². The molecule has 1 aliphatic heterocycles. The Hall–Kier alpha value is -3.15. The van der Waals surface area contributed by atoms with Crippen molar-refractivity contribution in [3.63, 3.8) is 0 Å². The van der Waals surface area contributed by atoms with Gasteiger partial charge in [0.05, 0.1) is 29.9 Å². The quantitative estimate of drug-likeness (QED) is 0.795. The molecular weight excluding hydrogens is 318 g/mol. The molecule has 3 aromatic rings. The van der Waals surface area contributed by atoms with Crippen LogP contribution in [0.2, 0.25) is 0 Å². The Bertz CT molecular complexity index is 996. The van der Waals surface area contributed by atoms with E-state index in [9.17, 15) is 9.59 Å². The van der Waals surface area contributed by atoms with Gasteiger partial charge in [-0.05, 0) is 18.2 Å². The molecule has 0 spiro atoms. The largest absolute Gasteiger partial charge is 0.493 e. The normalized spacial score (nSPS) is 16.1. The van der Waals surface area contributed by atoms with Crippen molar-refractivity contribution in [1.82, 2.24) is 14.9 Å². The second kappa shape index (κ2) is 6.39. The molecule has 1 unspecified atom stereocenters. The number of fused-ring (bicyclic) bond motifs is 2. The molecule has 1 aliphatic rings. The molecule has 25 heavy (non-hydrogen) atoms. The lowest BCUT2D eigenvalue weighted by Gasteiger charge is -2.26. The minimum atomic E-state index is -0.221. The zero-order chi connectivity index (χ0) is 17.2. The van der Waals surface area contributed by atoms with E-state index in [0.717, 1.165) is 11.3 Å². The summed E-state index contributed by atoms with van der Waals surface area (Å²) in [5.41, 5.74) is 1.38. The maximum absolute atomic E-state index is 12.5. The summed E-state index contributed by atoms with van der Waals surface area (Å²) in [6.45, 7) is 0.496. The number of carbonyl (C=O) groups is 1. The number of nitrogens with one attached hydrogen (secondary N) is 1. The topological polar surface area (TPSA) is 73.2 Å². The molecule has 1 aromatic heterocycles. The Labute approximate surface area is 144 Å². The monoisotopic (exact) mass is 335 g/mol. The lowest BCUT2D eigenvalue weighted by Crippen LogP contribution is -2.36. The summed E-state index contributed by atoms with van der Waals surface area (Å²) in [5.74, 6) is 0.574. The first-order valence-corrected chi connectivity index (χ1v) is 8.17. The van der Waals surface area contributed by atoms with E-state index in [1.165, 1.54) is 10.9 Å². The predicted octanol–water partition coefficient (Wildman–Crippen LogP) is 2.04. The summed E-state index contributed by atoms with van der Waals surface area (Å²) in [5, 5.41) is 3.50. The van der Waals surface area contributed by atoms with Gasteiger partial charge in [-0.2, -0.15) is 0 Å². The van der Waals surface area contributed by atoms with Gasteiger partial charge in [0, 0.05) is 12.0 Å². The van der Waals surface area contributed by atoms with E-state index in [1.807, 2.05) is 30.3 Å². The van der Waals surface area contributed by atoms with Gasteiger partial charge in [-0.1, -0.05) is 30.3 Å². The number of benzene rings is 2. The molecule has 0 bridgehead atoms. The highest BCUT2D eigenvalue weighted by Gasteiger charge is 2.22. The summed E-state index contributed by atoms with van der Waals surface area (Å²) < 4.78 is 6.94. The van der Waals surface area contributed by atoms with E-state index in [1.54, 1.807) is 18.2 Å². The Morgan fingerprint density at radius 1 is 1.20 bits per heavy atom. The molecule has 4 rings (SSSR count). The van der Waals surface area contributed by atoms with Crippen LogP contribution in [-0.2, 0) is 11.3 Å². The number of amides is 1. The lowest BCUT2D eigenvalue weighted by molar-refractivity contribution is -0.122. The fourth-order valence-electron chi connectivity index (χ4n) is 3.11. The molecule has 1 amide bonds. The third-order valence-corrected chi connectivity index (χ3v) is 4.34. The highest BCUT2D eigenvalue weighted by atomic mass is 16.5. The van der Waals surface area contributed by atoms with Crippen LogP contribution in [0, 0.1) is 0 Å². The Kier molecular flexibility index (Phi) is 3.93. The van der Waals surface area contributed by atoms with E-state index < -0.39 is 0 Å². The number of hydrogen-bond donors (Lipinski definition) is 1. The number of aromatic nitrogens is 2. The van der Waals surface area contributed by atoms with Gasteiger partial charge >= 0.3 is 0 Å². The maximum Gasteiger partial charge on any atom is 0.261 e. The van der Waals surface area contributed by atoms with Crippen LogP contribution in [0.4, 0.5) is 0 Å². The molecule has 0 radical (unpaired) electrons. The molecule has 0 aliphatic carbocycles. The third-order valence-electron chi connectivity index (χ3n) is 4.34. The number of nitrogens with zero attached hydrogens (tertiary/aromatic N) is 2. The van der Waals surface area contributed by atoms with E-state index in [4.69, 9.17) is 4.74 Å². The third kappa shape index (κ3) is 2.98. The first-order chi connectivity index (χ1) is 12.2. The molecule has 2 heterocycles. The molecule has 0 saturated heterocycles. The number of ether oxygens (including phenoxy) is 1. The van der Waals surface area contributed by atoms with Crippen molar-refractivity contribution >= 4 is 16.8 Å². The van der Waals surface area contributed by atoms with Crippen molar-refractivity contribution in [2.45, 2.75) is 19.0 Å². The van der Waals surface area contributed by atoms with Crippen molar-refractivity contribution in [2.24, 2.45) is 0 Å². The van der Waals surface area contributed by atoms with E-state index in [-0.39, 0.29) is 24.1 Å². The van der Waals surface area contributed by atoms with Crippen LogP contribution < -0.4 is 15.6 Å². The lowest BCUT2D eigenvalue weighted by atomic mass is 10.0. The average molecular weight is 335 g/mol. The summed E-state index contributed by atoms with van der Waals surface area (Å²) >= 11 is 0. The number of para-hydroxylation sites is 2. The van der Waals surface area contributed by atoms with Gasteiger partial charge in [0.15, 0.2) is 0 Å². The van der Waals surface area contributed by atoms with Gasteiger partial charge in [0.25, 0.3) is 5.56 Å². The van der Waals surface area contributed by atoms with Crippen molar-refractivity contribution in [1.29, 1.82) is 0 Å². The van der Waals surface area contributed by atoms with Gasteiger partial charge in [-0.3, -0.25) is 14.2 Å². The highest BCUT2D eigenvalue weighted by molar-refractivity contribution is 5.79. The van der Waals surface area contributed by atoms with Crippen molar-refractivity contribution in [3.05, 3.63) is 70.8 Å². The van der Waals surface area contributed by atoms with Crippen LogP contribution in [0.3, 0.4) is 0 Å². The van der Waals surface area contributed by atoms with E-state index in [0.29, 0.717) is 23.9 Å². The molecule has 6 heteroatoms. The van der Waals surface area contributed by atoms with Gasteiger partial charge in [-0.15, -0.1) is 0 Å². The molecule has 0 fully saturated rings. The average Bonchev–Trinajstić information content (AvgIpc) is 2.65. The smallest absolute Gasteiger partial charge is 0.261 e. The Morgan fingerprint density at radius 2 is 2.00 bits per heavy atom. The van der Waals surface area contributed by atoms with Crippen molar-refractivity contribution < 1.29 is 9.53 Å². The first-order valence-electron chi connectivity index (χ1n) is 8.17. The summed E-state index contributed by atoms with van der Waals surface area (Å²) in [6, 6.07) is 14.7. The number of hydrogen-bond acceptors (Lipinski definition) is 4. The predicted molar refractivity (Wildman–Crippen MR) is 93.4 cm³/mol. The molecule has 1 atom stereocenters. The van der Waals surface area contributed by atoms with Gasteiger partial charge in [0.1, 0.15) is 12.3 Å². The van der Waals surface area contributed by atoms with Crippen LogP contribution in [-0.4, -0.2) is 22.1 Å². The zero-order valence-corrected chi connectivity index (χ0v) is 13.5. The molecule has 2 aromatic carbocycles. The highest BCUT2D eigenvalue weighted by Crippen LogP contribution is 2.31. The van der Waals surface area contributed by atoms with Crippen molar-refractivity contribution in [2.75, 3.05) is 6.61 Å². The van der Waals surface area contributed by atoms with Crippen LogP contribution >= 0.6 is 0 Å². The minimum Gasteiger partial charge on any atom is -0.493 e. The fourth-order valence-corrected chi connectivity index (χ4v) is 3.11. The van der Waals surface area contributed by atoms with Gasteiger partial charge in [0.2, 0.25) is 5.91 Å². The van der Waals surface area contributed by atoms with Gasteiger partial charge in [-0.25, -0.2) is 4.98 Å². The van der Waals surface area contributed by atoms with Crippen LogP contribution in [0.15, 0.2) is 59.7 Å². The Morgan fingerprint density at radius 3 is 2.92 bits per heavy atom. The number of carbonyl (C=O) groups excluding carboxylic acids is 1. The molecular formula is C19H17N3O3. The minimum absolute atomic E-state index is 0.0593. The van der Waals surface area contributed by atoms with Gasteiger partial charge < -0.3 is 10.1 Å². The molecule has 0 saturated carbocycles. The maximum atomic E-state index is 12.5. The summed E-state index contributed by atoms with van der Waals surface area (Å²) in [6.07, 6.45) is 2.12. The zero-order valence-electron chi connectivity index (χ0n) is 13.5. The van der Waals surface area contributed by atoms with E-state index in [2.05, 4.69) is 10.3 Å². The first kappa shape index (κ1) is 15.4. The second-order valence-electron chi connectivity index (χ2n) is 5.99. The summed E-state index contributed by atoms with van der Waals surface area (Å²) in [7, 11) is 0. The van der Waals surface area contributed by atoms with E-state index >= 15 is 0 Å². The van der Waals surface area contributed by atoms with Crippen LogP contribution in [0.5, 0.6) is 5.75 Å². The van der Waals surface area contributed by atoms with Crippen LogP contribution in [0.25, 0.3) is 10.9 Å². The Balaban J connectivity index is 1.54. The second-order valence-corrected chi connectivity index (χ2v) is 5.99. The SMILES string of the molecule is O=C(Cn1cnc2ccccc2c1=O)NC1CCOc2ccccc21.